The van der Waals surface area contributed by atoms with Crippen LogP contribution in [0.2, 0.25) is 0 Å². The summed E-state index contributed by atoms with van der Waals surface area (Å²) >= 11 is 3.39. The van der Waals surface area contributed by atoms with Gasteiger partial charge in [-0.05, 0) is 37.3 Å². The molecular formula is C16H11BrO2. The van der Waals surface area contributed by atoms with Crippen molar-refractivity contribution in [1.29, 1.82) is 0 Å². The van der Waals surface area contributed by atoms with Gasteiger partial charge in [-0.25, -0.2) is 0 Å². The molecule has 3 heteroatoms. The van der Waals surface area contributed by atoms with Crippen LogP contribution in [0.1, 0.15) is 21.7 Å². The van der Waals surface area contributed by atoms with Crippen LogP contribution in [0, 0.1) is 6.92 Å². The molecule has 0 amide bonds. The summed E-state index contributed by atoms with van der Waals surface area (Å²) in [5.41, 5.74) is 2.49. The summed E-state index contributed by atoms with van der Waals surface area (Å²) in [6, 6.07) is 15.0. The normalized spacial score (nSPS) is 10.8. The molecule has 3 aromatic rings. The van der Waals surface area contributed by atoms with E-state index in [1.165, 1.54) is 0 Å². The standard InChI is InChI=1S/C16H11BrO2/c1-10-6-7-14-11(8-10)9-15(19-14)16(18)12-4-2-3-5-13(12)17/h2-9H,1H3. The monoisotopic (exact) mass is 314 g/mol. The average Bonchev–Trinajstić information content (AvgIpc) is 2.81. The van der Waals surface area contributed by atoms with Crippen LogP contribution in [-0.2, 0) is 0 Å². The van der Waals surface area contributed by atoms with Gasteiger partial charge in [0, 0.05) is 15.4 Å². The van der Waals surface area contributed by atoms with Gasteiger partial charge in [0.1, 0.15) is 5.58 Å². The molecule has 0 saturated heterocycles. The summed E-state index contributed by atoms with van der Waals surface area (Å²) < 4.78 is 6.40. The predicted octanol–water partition coefficient (Wildman–Crippen LogP) is 4.73. The van der Waals surface area contributed by atoms with E-state index in [1.54, 1.807) is 12.1 Å². The van der Waals surface area contributed by atoms with Gasteiger partial charge >= 0.3 is 0 Å². The van der Waals surface area contributed by atoms with Crippen LogP contribution in [0.3, 0.4) is 0 Å². The maximum Gasteiger partial charge on any atom is 0.229 e. The van der Waals surface area contributed by atoms with Crippen LogP contribution in [0.4, 0.5) is 0 Å². The molecule has 0 aliphatic carbocycles. The summed E-state index contributed by atoms with van der Waals surface area (Å²) in [5, 5.41) is 0.954. The number of rotatable bonds is 2. The maximum absolute atomic E-state index is 12.4. The van der Waals surface area contributed by atoms with E-state index in [-0.39, 0.29) is 5.78 Å². The molecule has 1 aromatic heterocycles. The van der Waals surface area contributed by atoms with Gasteiger partial charge in [0.2, 0.25) is 5.78 Å². The Kier molecular flexibility index (Phi) is 2.99. The zero-order valence-corrected chi connectivity index (χ0v) is 11.9. The van der Waals surface area contributed by atoms with Gasteiger partial charge in [-0.15, -0.1) is 0 Å². The van der Waals surface area contributed by atoms with Gasteiger partial charge in [0.25, 0.3) is 0 Å². The summed E-state index contributed by atoms with van der Waals surface area (Å²) in [7, 11) is 0. The van der Waals surface area contributed by atoms with Crippen molar-refractivity contribution in [2.24, 2.45) is 0 Å². The third-order valence-electron chi connectivity index (χ3n) is 3.01. The van der Waals surface area contributed by atoms with E-state index in [2.05, 4.69) is 15.9 Å². The molecule has 0 aliphatic heterocycles. The fourth-order valence-corrected chi connectivity index (χ4v) is 2.52. The number of hydrogen-bond donors (Lipinski definition) is 0. The number of fused-ring (bicyclic) bond motifs is 1. The first kappa shape index (κ1) is 12.2. The number of hydrogen-bond acceptors (Lipinski definition) is 2. The van der Waals surface area contributed by atoms with Crippen LogP contribution in [0.15, 0.2) is 57.4 Å². The highest BCUT2D eigenvalue weighted by atomic mass is 79.9. The Balaban J connectivity index is 2.09. The molecule has 0 bridgehead atoms. The SMILES string of the molecule is Cc1ccc2oc(C(=O)c3ccccc3Br)cc2c1. The molecule has 19 heavy (non-hydrogen) atoms. The fourth-order valence-electron chi connectivity index (χ4n) is 2.05. The number of carbonyl (C=O) groups excluding carboxylic acids is 1. The zero-order chi connectivity index (χ0) is 13.4. The van der Waals surface area contributed by atoms with Gasteiger partial charge in [0.05, 0.1) is 0 Å². The van der Waals surface area contributed by atoms with Crippen molar-refractivity contribution >= 4 is 32.7 Å². The predicted molar refractivity (Wildman–Crippen MR) is 78.5 cm³/mol. The first-order valence-corrected chi connectivity index (χ1v) is 6.74. The molecule has 0 unspecified atom stereocenters. The molecule has 3 rings (SSSR count). The molecular weight excluding hydrogens is 304 g/mol. The molecule has 0 radical (unpaired) electrons. The van der Waals surface area contributed by atoms with Crippen molar-refractivity contribution < 1.29 is 9.21 Å². The second-order valence-electron chi connectivity index (χ2n) is 4.46. The van der Waals surface area contributed by atoms with E-state index < -0.39 is 0 Å². The quantitative estimate of drug-likeness (QED) is 0.640. The van der Waals surface area contributed by atoms with Crippen molar-refractivity contribution in [1.82, 2.24) is 0 Å². The van der Waals surface area contributed by atoms with Gasteiger partial charge in [-0.2, -0.15) is 0 Å². The second-order valence-corrected chi connectivity index (χ2v) is 5.32. The van der Waals surface area contributed by atoms with Gasteiger partial charge < -0.3 is 4.42 Å². The lowest BCUT2D eigenvalue weighted by molar-refractivity contribution is 0.101. The molecule has 0 atom stereocenters. The van der Waals surface area contributed by atoms with Gasteiger partial charge in [-0.1, -0.05) is 39.7 Å². The molecule has 1 heterocycles. The lowest BCUT2D eigenvalue weighted by atomic mass is 10.1. The highest BCUT2D eigenvalue weighted by Crippen LogP contribution is 2.25. The average molecular weight is 315 g/mol. The molecule has 2 nitrogen and oxygen atoms in total. The smallest absolute Gasteiger partial charge is 0.229 e. The Hall–Kier alpha value is -1.87. The van der Waals surface area contributed by atoms with Crippen molar-refractivity contribution in [2.75, 3.05) is 0 Å². The number of aryl methyl sites for hydroxylation is 1. The number of halogens is 1. The number of benzene rings is 2. The molecule has 0 N–H and O–H groups in total. The number of carbonyl (C=O) groups is 1. The van der Waals surface area contributed by atoms with E-state index in [0.717, 1.165) is 21.0 Å². The first-order chi connectivity index (χ1) is 9.15. The molecule has 2 aromatic carbocycles. The molecule has 0 saturated carbocycles. The summed E-state index contributed by atoms with van der Waals surface area (Å²) in [5.74, 6) is 0.258. The Morgan fingerprint density at radius 1 is 1.11 bits per heavy atom. The van der Waals surface area contributed by atoms with Crippen LogP contribution >= 0.6 is 15.9 Å². The minimum absolute atomic E-state index is 0.110. The number of furan rings is 1. The minimum Gasteiger partial charge on any atom is -0.453 e. The van der Waals surface area contributed by atoms with Gasteiger partial charge in [-0.3, -0.25) is 4.79 Å². The minimum atomic E-state index is -0.110. The highest BCUT2D eigenvalue weighted by molar-refractivity contribution is 9.10. The third-order valence-corrected chi connectivity index (χ3v) is 3.71. The Morgan fingerprint density at radius 2 is 1.89 bits per heavy atom. The highest BCUT2D eigenvalue weighted by Gasteiger charge is 2.16. The van der Waals surface area contributed by atoms with Crippen LogP contribution in [0.5, 0.6) is 0 Å². The zero-order valence-electron chi connectivity index (χ0n) is 10.3. The van der Waals surface area contributed by atoms with Crippen LogP contribution in [-0.4, -0.2) is 5.78 Å². The third kappa shape index (κ3) is 2.22. The van der Waals surface area contributed by atoms with E-state index in [9.17, 15) is 4.79 Å². The molecule has 0 fully saturated rings. The number of ketones is 1. The van der Waals surface area contributed by atoms with E-state index in [1.807, 2.05) is 43.3 Å². The lowest BCUT2D eigenvalue weighted by Crippen LogP contribution is -2.00. The maximum atomic E-state index is 12.4. The van der Waals surface area contributed by atoms with E-state index in [4.69, 9.17) is 4.42 Å². The van der Waals surface area contributed by atoms with E-state index in [0.29, 0.717) is 11.3 Å². The van der Waals surface area contributed by atoms with Crippen molar-refractivity contribution in [3.8, 4) is 0 Å². The van der Waals surface area contributed by atoms with Crippen LogP contribution < -0.4 is 0 Å². The molecule has 94 valence electrons. The van der Waals surface area contributed by atoms with Crippen LogP contribution in [0.25, 0.3) is 11.0 Å². The Labute approximate surface area is 119 Å². The second kappa shape index (κ2) is 4.67. The van der Waals surface area contributed by atoms with E-state index >= 15 is 0 Å². The molecule has 0 spiro atoms. The Morgan fingerprint density at radius 3 is 2.68 bits per heavy atom. The van der Waals surface area contributed by atoms with Gasteiger partial charge in [0.15, 0.2) is 5.76 Å². The van der Waals surface area contributed by atoms with Crippen molar-refractivity contribution in [2.45, 2.75) is 6.92 Å². The Bertz CT molecular complexity index is 771. The largest absolute Gasteiger partial charge is 0.453 e. The fraction of sp³-hybridized carbons (Fsp3) is 0.0625. The summed E-state index contributed by atoms with van der Waals surface area (Å²) in [4.78, 5) is 12.4. The molecule has 0 aliphatic rings. The van der Waals surface area contributed by atoms with Crippen molar-refractivity contribution in [3.63, 3.8) is 0 Å². The topological polar surface area (TPSA) is 30.2 Å². The summed E-state index contributed by atoms with van der Waals surface area (Å²) in [6.07, 6.45) is 0. The van der Waals surface area contributed by atoms with Crippen molar-refractivity contribution in [3.05, 3.63) is 69.9 Å². The first-order valence-electron chi connectivity index (χ1n) is 5.94. The lowest BCUT2D eigenvalue weighted by Gasteiger charge is -1.99. The summed E-state index contributed by atoms with van der Waals surface area (Å²) in [6.45, 7) is 2.02.